The molecule has 0 radical (unpaired) electrons. The van der Waals surface area contributed by atoms with Crippen molar-refractivity contribution in [2.75, 3.05) is 20.1 Å². The van der Waals surface area contributed by atoms with Crippen molar-refractivity contribution >= 4 is 0 Å². The van der Waals surface area contributed by atoms with Crippen LogP contribution in [0.15, 0.2) is 0 Å². The molecule has 0 spiro atoms. The molecule has 0 aromatic heterocycles. The van der Waals surface area contributed by atoms with Crippen LogP contribution < -0.4 is 5.32 Å². The first-order valence-corrected chi connectivity index (χ1v) is 7.59. The Morgan fingerprint density at radius 1 is 1.06 bits per heavy atom. The Morgan fingerprint density at radius 2 is 1.61 bits per heavy atom. The van der Waals surface area contributed by atoms with Crippen molar-refractivity contribution in [1.29, 1.82) is 0 Å². The van der Waals surface area contributed by atoms with Crippen LogP contribution in [0.1, 0.15) is 67.7 Å². The Hall–Kier alpha value is -0.0800. The van der Waals surface area contributed by atoms with E-state index in [4.69, 9.17) is 0 Å². The van der Waals surface area contributed by atoms with Crippen molar-refractivity contribution in [3.8, 4) is 0 Å². The van der Waals surface area contributed by atoms with Gasteiger partial charge in [-0.25, -0.2) is 0 Å². The Kier molecular flexibility index (Phi) is 7.46. The SMILES string of the molecule is CCCNC(CCN(C)C(C)(C)CC)C(C)(C)C. The first kappa shape index (κ1) is 17.9. The van der Waals surface area contributed by atoms with E-state index in [-0.39, 0.29) is 0 Å². The van der Waals surface area contributed by atoms with Crippen molar-refractivity contribution in [1.82, 2.24) is 10.2 Å². The standard InChI is InChI=1S/C16H36N2/c1-9-12-17-14(15(3,4)5)11-13-18(8)16(6,7)10-2/h14,17H,9-13H2,1-8H3. The number of nitrogens with one attached hydrogen (secondary N) is 1. The van der Waals surface area contributed by atoms with Gasteiger partial charge in [0.25, 0.3) is 0 Å². The molecule has 2 heteroatoms. The summed E-state index contributed by atoms with van der Waals surface area (Å²) < 4.78 is 0. The Labute approximate surface area is 116 Å². The highest BCUT2D eigenvalue weighted by atomic mass is 15.2. The van der Waals surface area contributed by atoms with Crippen molar-refractivity contribution in [2.24, 2.45) is 5.41 Å². The molecule has 0 saturated heterocycles. The van der Waals surface area contributed by atoms with Crippen LogP contribution in [0.5, 0.6) is 0 Å². The maximum atomic E-state index is 3.71. The van der Waals surface area contributed by atoms with Crippen LogP contribution in [0, 0.1) is 5.41 Å². The summed E-state index contributed by atoms with van der Waals surface area (Å²) in [7, 11) is 2.25. The second-order valence-corrected chi connectivity index (χ2v) is 7.25. The van der Waals surface area contributed by atoms with E-state index in [2.05, 4.69) is 65.7 Å². The molecule has 110 valence electrons. The summed E-state index contributed by atoms with van der Waals surface area (Å²) in [6.07, 6.45) is 3.64. The number of hydrogen-bond acceptors (Lipinski definition) is 2. The molecule has 0 rings (SSSR count). The quantitative estimate of drug-likeness (QED) is 0.708. The number of rotatable bonds is 8. The first-order chi connectivity index (χ1) is 8.15. The molecular weight excluding hydrogens is 220 g/mol. The zero-order chi connectivity index (χ0) is 14.4. The Morgan fingerprint density at radius 3 is 2.00 bits per heavy atom. The summed E-state index contributed by atoms with van der Waals surface area (Å²) in [4.78, 5) is 2.50. The minimum atomic E-state index is 0.313. The summed E-state index contributed by atoms with van der Waals surface area (Å²) in [6, 6.07) is 0.604. The molecular formula is C16H36N2. The average molecular weight is 256 g/mol. The predicted octanol–water partition coefficient (Wildman–Crippen LogP) is 3.91. The maximum Gasteiger partial charge on any atom is 0.0147 e. The fourth-order valence-corrected chi connectivity index (χ4v) is 2.06. The van der Waals surface area contributed by atoms with E-state index in [0.717, 1.165) is 6.54 Å². The van der Waals surface area contributed by atoms with Gasteiger partial charge < -0.3 is 10.2 Å². The lowest BCUT2D eigenvalue weighted by Gasteiger charge is -2.38. The van der Waals surface area contributed by atoms with Crippen molar-refractivity contribution in [3.63, 3.8) is 0 Å². The second-order valence-electron chi connectivity index (χ2n) is 7.25. The van der Waals surface area contributed by atoms with Crippen LogP contribution >= 0.6 is 0 Å². The zero-order valence-electron chi connectivity index (χ0n) is 14.1. The van der Waals surface area contributed by atoms with Gasteiger partial charge in [-0.1, -0.05) is 34.6 Å². The van der Waals surface area contributed by atoms with Gasteiger partial charge >= 0.3 is 0 Å². The summed E-state index contributed by atoms with van der Waals surface area (Å²) >= 11 is 0. The highest BCUT2D eigenvalue weighted by Crippen LogP contribution is 2.24. The summed E-state index contributed by atoms with van der Waals surface area (Å²) in [5.74, 6) is 0. The molecule has 2 nitrogen and oxygen atoms in total. The predicted molar refractivity (Wildman–Crippen MR) is 83.2 cm³/mol. The van der Waals surface area contributed by atoms with Gasteiger partial charge in [-0.15, -0.1) is 0 Å². The average Bonchev–Trinajstić information content (AvgIpc) is 2.26. The molecule has 0 bridgehead atoms. The lowest BCUT2D eigenvalue weighted by molar-refractivity contribution is 0.130. The molecule has 0 aliphatic heterocycles. The van der Waals surface area contributed by atoms with Gasteiger partial charge in [0.2, 0.25) is 0 Å². The van der Waals surface area contributed by atoms with E-state index in [0.29, 0.717) is 17.0 Å². The minimum absolute atomic E-state index is 0.313. The highest BCUT2D eigenvalue weighted by Gasteiger charge is 2.26. The van der Waals surface area contributed by atoms with E-state index in [1.165, 1.54) is 25.8 Å². The van der Waals surface area contributed by atoms with Gasteiger partial charge in [0.1, 0.15) is 0 Å². The topological polar surface area (TPSA) is 15.3 Å². The fraction of sp³-hybridized carbons (Fsp3) is 1.00. The van der Waals surface area contributed by atoms with E-state index in [9.17, 15) is 0 Å². The molecule has 0 aliphatic rings. The van der Waals surface area contributed by atoms with Crippen LogP contribution in [-0.4, -0.2) is 36.6 Å². The molecule has 0 aromatic rings. The summed E-state index contributed by atoms with van der Waals surface area (Å²) in [6.45, 7) is 18.5. The fourth-order valence-electron chi connectivity index (χ4n) is 2.06. The molecule has 0 fully saturated rings. The van der Waals surface area contributed by atoms with Crippen LogP contribution in [0.3, 0.4) is 0 Å². The summed E-state index contributed by atoms with van der Waals surface area (Å²) in [5, 5.41) is 3.71. The van der Waals surface area contributed by atoms with E-state index < -0.39 is 0 Å². The van der Waals surface area contributed by atoms with Gasteiger partial charge in [-0.2, -0.15) is 0 Å². The van der Waals surface area contributed by atoms with Gasteiger partial charge in [-0.3, -0.25) is 0 Å². The van der Waals surface area contributed by atoms with Gasteiger partial charge in [-0.05, 0) is 58.7 Å². The highest BCUT2D eigenvalue weighted by molar-refractivity contribution is 4.84. The van der Waals surface area contributed by atoms with Crippen molar-refractivity contribution < 1.29 is 0 Å². The van der Waals surface area contributed by atoms with Gasteiger partial charge in [0.05, 0.1) is 0 Å². The molecule has 0 aromatic carbocycles. The third-order valence-corrected chi connectivity index (χ3v) is 4.34. The van der Waals surface area contributed by atoms with E-state index in [1.807, 2.05) is 0 Å². The molecule has 0 saturated carbocycles. The Balaban J connectivity index is 4.35. The Bertz CT molecular complexity index is 216. The van der Waals surface area contributed by atoms with Crippen LogP contribution in [-0.2, 0) is 0 Å². The van der Waals surface area contributed by atoms with E-state index in [1.54, 1.807) is 0 Å². The normalized spacial score (nSPS) is 15.2. The molecule has 0 amide bonds. The van der Waals surface area contributed by atoms with E-state index >= 15 is 0 Å². The molecule has 1 unspecified atom stereocenters. The van der Waals surface area contributed by atoms with Crippen molar-refractivity contribution in [2.45, 2.75) is 79.3 Å². The summed E-state index contributed by atoms with van der Waals surface area (Å²) in [5.41, 5.74) is 0.652. The monoisotopic (exact) mass is 256 g/mol. The van der Waals surface area contributed by atoms with Crippen molar-refractivity contribution in [3.05, 3.63) is 0 Å². The lowest BCUT2D eigenvalue weighted by atomic mass is 9.84. The first-order valence-electron chi connectivity index (χ1n) is 7.59. The van der Waals surface area contributed by atoms with Gasteiger partial charge in [0, 0.05) is 11.6 Å². The third-order valence-electron chi connectivity index (χ3n) is 4.34. The third kappa shape index (κ3) is 6.19. The maximum absolute atomic E-state index is 3.71. The lowest BCUT2D eigenvalue weighted by Crippen LogP contribution is -2.46. The van der Waals surface area contributed by atoms with Gasteiger partial charge in [0.15, 0.2) is 0 Å². The number of nitrogens with zero attached hydrogens (tertiary/aromatic N) is 1. The molecule has 0 aliphatic carbocycles. The smallest absolute Gasteiger partial charge is 0.0147 e. The van der Waals surface area contributed by atoms with Crippen LogP contribution in [0.2, 0.25) is 0 Å². The number of hydrogen-bond donors (Lipinski definition) is 1. The molecule has 0 heterocycles. The molecule has 1 N–H and O–H groups in total. The van der Waals surface area contributed by atoms with Crippen LogP contribution in [0.25, 0.3) is 0 Å². The zero-order valence-corrected chi connectivity index (χ0v) is 14.1. The minimum Gasteiger partial charge on any atom is -0.313 e. The molecule has 18 heavy (non-hydrogen) atoms. The van der Waals surface area contributed by atoms with Crippen LogP contribution in [0.4, 0.5) is 0 Å². The largest absolute Gasteiger partial charge is 0.313 e. The molecule has 1 atom stereocenters. The second kappa shape index (κ2) is 7.49.